The molecule has 1 aromatic carbocycles. The monoisotopic (exact) mass is 229 g/mol. The summed E-state index contributed by atoms with van der Waals surface area (Å²) in [4.78, 5) is 0. The van der Waals surface area contributed by atoms with Crippen molar-refractivity contribution >= 4 is 0 Å². The van der Waals surface area contributed by atoms with Gasteiger partial charge in [0, 0.05) is 19.7 Å². The summed E-state index contributed by atoms with van der Waals surface area (Å²) >= 11 is 0. The van der Waals surface area contributed by atoms with Gasteiger partial charge in [-0.3, -0.25) is 4.68 Å². The normalized spacial score (nSPS) is 22.7. The Morgan fingerprint density at radius 2 is 2.24 bits per heavy atom. The van der Waals surface area contributed by atoms with Crippen LogP contribution in [0.4, 0.5) is 0 Å². The number of hydrogen-bond donors (Lipinski definition) is 1. The highest BCUT2D eigenvalue weighted by atomic mass is 16.3. The average Bonchev–Trinajstić information content (AvgIpc) is 2.86. The third kappa shape index (κ3) is 1.74. The number of fused-ring (bicyclic) bond motifs is 1. The Labute approximate surface area is 99.9 Å². The third-order valence-electron chi connectivity index (χ3n) is 3.45. The predicted molar refractivity (Wildman–Crippen MR) is 63.4 cm³/mol. The van der Waals surface area contributed by atoms with Gasteiger partial charge in [0.05, 0.1) is 11.3 Å². The first-order valence-electron chi connectivity index (χ1n) is 5.83. The summed E-state index contributed by atoms with van der Waals surface area (Å²) in [6.07, 6.45) is 4.10. The SMILES string of the molecule is Cn1cc(CC2(O)CCc3ccccc32)nn1. The summed E-state index contributed by atoms with van der Waals surface area (Å²) in [7, 11) is 1.84. The smallest absolute Gasteiger partial charge is 0.0958 e. The van der Waals surface area contributed by atoms with Gasteiger partial charge in [0.25, 0.3) is 0 Å². The molecule has 1 aliphatic rings. The van der Waals surface area contributed by atoms with Crippen molar-refractivity contribution in [3.05, 3.63) is 47.3 Å². The van der Waals surface area contributed by atoms with Gasteiger partial charge < -0.3 is 5.11 Å². The van der Waals surface area contributed by atoms with E-state index >= 15 is 0 Å². The van der Waals surface area contributed by atoms with Gasteiger partial charge in [0.15, 0.2) is 0 Å². The molecule has 4 heteroatoms. The zero-order valence-electron chi connectivity index (χ0n) is 9.80. The minimum atomic E-state index is -0.771. The molecule has 0 aliphatic heterocycles. The van der Waals surface area contributed by atoms with Crippen LogP contribution in [0, 0.1) is 0 Å². The summed E-state index contributed by atoms with van der Waals surface area (Å²) in [6, 6.07) is 8.10. The van der Waals surface area contributed by atoms with Gasteiger partial charge in [-0.1, -0.05) is 29.5 Å². The highest BCUT2D eigenvalue weighted by Crippen LogP contribution is 2.38. The number of hydrogen-bond acceptors (Lipinski definition) is 3. The van der Waals surface area contributed by atoms with Crippen LogP contribution in [0.2, 0.25) is 0 Å². The van der Waals surface area contributed by atoms with E-state index in [1.54, 1.807) is 4.68 Å². The summed E-state index contributed by atoms with van der Waals surface area (Å²) in [5.41, 5.74) is 2.36. The molecule has 1 N–H and O–H groups in total. The summed E-state index contributed by atoms with van der Waals surface area (Å²) in [5, 5.41) is 18.7. The molecule has 3 rings (SSSR count). The van der Waals surface area contributed by atoms with Crippen LogP contribution in [0.1, 0.15) is 23.2 Å². The Morgan fingerprint density at radius 1 is 1.41 bits per heavy atom. The van der Waals surface area contributed by atoms with Gasteiger partial charge in [0.1, 0.15) is 0 Å². The summed E-state index contributed by atoms with van der Waals surface area (Å²) in [6.45, 7) is 0. The molecule has 0 bridgehead atoms. The van der Waals surface area contributed by atoms with Gasteiger partial charge in [-0.2, -0.15) is 0 Å². The molecule has 1 aromatic heterocycles. The van der Waals surface area contributed by atoms with Crippen molar-refractivity contribution in [1.82, 2.24) is 15.0 Å². The molecule has 0 radical (unpaired) electrons. The first-order valence-corrected chi connectivity index (χ1v) is 5.83. The van der Waals surface area contributed by atoms with Gasteiger partial charge in [-0.25, -0.2) is 0 Å². The van der Waals surface area contributed by atoms with Crippen LogP contribution in [-0.2, 0) is 25.5 Å². The van der Waals surface area contributed by atoms with E-state index in [2.05, 4.69) is 16.4 Å². The molecule has 0 amide bonds. The van der Waals surface area contributed by atoms with E-state index in [0.717, 1.165) is 24.1 Å². The van der Waals surface area contributed by atoms with E-state index in [1.807, 2.05) is 31.4 Å². The molecule has 1 heterocycles. The van der Waals surface area contributed by atoms with Crippen molar-refractivity contribution in [2.75, 3.05) is 0 Å². The number of rotatable bonds is 2. The topological polar surface area (TPSA) is 50.9 Å². The fraction of sp³-hybridized carbons (Fsp3) is 0.385. The zero-order valence-corrected chi connectivity index (χ0v) is 9.80. The molecule has 0 spiro atoms. The van der Waals surface area contributed by atoms with Crippen LogP contribution in [0.15, 0.2) is 30.5 Å². The second-order valence-corrected chi connectivity index (χ2v) is 4.75. The minimum Gasteiger partial charge on any atom is -0.385 e. The lowest BCUT2D eigenvalue weighted by Gasteiger charge is -2.22. The predicted octanol–water partition coefficient (Wildman–Crippen LogP) is 1.19. The van der Waals surface area contributed by atoms with Crippen LogP contribution in [-0.4, -0.2) is 20.1 Å². The zero-order chi connectivity index (χ0) is 11.9. The lowest BCUT2D eigenvalue weighted by molar-refractivity contribution is 0.0379. The molecule has 2 aromatic rings. The van der Waals surface area contributed by atoms with E-state index in [1.165, 1.54) is 5.56 Å². The molecule has 4 nitrogen and oxygen atoms in total. The molecule has 1 unspecified atom stereocenters. The maximum atomic E-state index is 10.7. The number of aliphatic hydroxyl groups is 1. The Bertz CT molecular complexity index is 549. The first-order chi connectivity index (χ1) is 8.17. The van der Waals surface area contributed by atoms with E-state index in [9.17, 15) is 5.11 Å². The molecule has 0 saturated carbocycles. The molecule has 0 fully saturated rings. The van der Waals surface area contributed by atoms with Crippen molar-refractivity contribution in [1.29, 1.82) is 0 Å². The van der Waals surface area contributed by atoms with E-state index < -0.39 is 5.60 Å². The molecule has 1 aliphatic carbocycles. The van der Waals surface area contributed by atoms with E-state index in [4.69, 9.17) is 0 Å². The second-order valence-electron chi connectivity index (χ2n) is 4.75. The van der Waals surface area contributed by atoms with Crippen LogP contribution in [0.25, 0.3) is 0 Å². The highest BCUT2D eigenvalue weighted by Gasteiger charge is 2.37. The Hall–Kier alpha value is -1.68. The van der Waals surface area contributed by atoms with Crippen molar-refractivity contribution in [2.24, 2.45) is 7.05 Å². The first kappa shape index (κ1) is 10.5. The number of aromatic nitrogens is 3. The van der Waals surface area contributed by atoms with Gasteiger partial charge in [-0.05, 0) is 24.0 Å². The number of benzene rings is 1. The second kappa shape index (κ2) is 3.67. The van der Waals surface area contributed by atoms with Gasteiger partial charge >= 0.3 is 0 Å². The lowest BCUT2D eigenvalue weighted by atomic mass is 9.91. The fourth-order valence-electron chi connectivity index (χ4n) is 2.63. The van der Waals surface area contributed by atoms with Crippen LogP contribution >= 0.6 is 0 Å². The standard InChI is InChI=1S/C13H15N3O/c1-16-9-11(14-15-16)8-13(17)7-6-10-4-2-3-5-12(10)13/h2-5,9,17H,6-8H2,1H3. The van der Waals surface area contributed by atoms with Gasteiger partial charge in [-0.15, -0.1) is 5.10 Å². The van der Waals surface area contributed by atoms with Crippen LogP contribution in [0.3, 0.4) is 0 Å². The fourth-order valence-corrected chi connectivity index (χ4v) is 2.63. The Kier molecular flexibility index (Phi) is 2.26. The van der Waals surface area contributed by atoms with Crippen molar-refractivity contribution in [3.8, 4) is 0 Å². The largest absolute Gasteiger partial charge is 0.385 e. The molecule has 88 valence electrons. The Morgan fingerprint density at radius 3 is 3.00 bits per heavy atom. The Balaban J connectivity index is 1.93. The molecule has 1 atom stereocenters. The molecular formula is C13H15N3O. The lowest BCUT2D eigenvalue weighted by Crippen LogP contribution is -2.25. The van der Waals surface area contributed by atoms with Crippen molar-refractivity contribution in [2.45, 2.75) is 24.9 Å². The highest BCUT2D eigenvalue weighted by molar-refractivity contribution is 5.37. The number of aryl methyl sites for hydroxylation is 2. The quantitative estimate of drug-likeness (QED) is 0.841. The minimum absolute atomic E-state index is 0.540. The van der Waals surface area contributed by atoms with Crippen molar-refractivity contribution < 1.29 is 5.11 Å². The van der Waals surface area contributed by atoms with Crippen LogP contribution in [0.5, 0.6) is 0 Å². The van der Waals surface area contributed by atoms with E-state index in [0.29, 0.717) is 6.42 Å². The molecule has 0 saturated heterocycles. The molecule has 17 heavy (non-hydrogen) atoms. The van der Waals surface area contributed by atoms with Crippen molar-refractivity contribution in [3.63, 3.8) is 0 Å². The average molecular weight is 229 g/mol. The number of nitrogens with zero attached hydrogens (tertiary/aromatic N) is 3. The van der Waals surface area contributed by atoms with E-state index in [-0.39, 0.29) is 0 Å². The summed E-state index contributed by atoms with van der Waals surface area (Å²) in [5.74, 6) is 0. The molecular weight excluding hydrogens is 214 g/mol. The van der Waals surface area contributed by atoms with Gasteiger partial charge in [0.2, 0.25) is 0 Å². The maximum absolute atomic E-state index is 10.7. The summed E-state index contributed by atoms with van der Waals surface area (Å²) < 4.78 is 1.67. The van der Waals surface area contributed by atoms with Crippen LogP contribution < -0.4 is 0 Å². The third-order valence-corrected chi connectivity index (χ3v) is 3.45. The maximum Gasteiger partial charge on any atom is 0.0958 e.